The van der Waals surface area contributed by atoms with Gasteiger partial charge in [-0.2, -0.15) is 0 Å². The zero-order valence-corrected chi connectivity index (χ0v) is 24.6. The fourth-order valence-corrected chi connectivity index (χ4v) is 5.17. The number of hydrogen-bond donors (Lipinski definition) is 0. The molecule has 0 saturated heterocycles. The van der Waals surface area contributed by atoms with E-state index in [1.54, 1.807) is 6.07 Å². The molecule has 3 nitrogen and oxygen atoms in total. The molecule has 0 atom stereocenters. The molecule has 2 rings (SSSR count). The van der Waals surface area contributed by atoms with E-state index in [1.807, 2.05) is 6.20 Å². The summed E-state index contributed by atoms with van der Waals surface area (Å²) >= 11 is 3.52. The molecule has 0 fully saturated rings. The van der Waals surface area contributed by atoms with Gasteiger partial charge in [-0.25, -0.2) is 0 Å². The van der Waals surface area contributed by atoms with Gasteiger partial charge in [-0.1, -0.05) is 149 Å². The quantitative estimate of drug-likeness (QED) is 0.112. The number of halogens is 1. The van der Waals surface area contributed by atoms with Gasteiger partial charge in [0.1, 0.15) is 0 Å². The number of rotatable bonds is 21. The molecule has 36 heavy (non-hydrogen) atoms. The van der Waals surface area contributed by atoms with Crippen molar-refractivity contribution < 1.29 is 4.74 Å². The van der Waals surface area contributed by atoms with E-state index in [2.05, 4.69) is 58.6 Å². The van der Waals surface area contributed by atoms with Crippen LogP contribution in [0.1, 0.15) is 126 Å². The molecule has 0 aliphatic rings. The van der Waals surface area contributed by atoms with Crippen molar-refractivity contribution in [2.24, 2.45) is 0 Å². The Kier molecular flexibility index (Phi) is 16.7. The molecule has 1 aromatic carbocycles. The lowest BCUT2D eigenvalue weighted by Crippen LogP contribution is -2.16. The average Bonchev–Trinajstić information content (AvgIpc) is 2.88. The highest BCUT2D eigenvalue weighted by Gasteiger charge is 2.08. The highest BCUT2D eigenvalue weighted by Crippen LogP contribution is 2.16. The van der Waals surface area contributed by atoms with Gasteiger partial charge < -0.3 is 9.30 Å². The van der Waals surface area contributed by atoms with Crippen LogP contribution in [0.5, 0.6) is 5.75 Å². The molecule has 0 aliphatic heterocycles. The minimum absolute atomic E-state index is 0.0268. The van der Waals surface area contributed by atoms with Crippen LogP contribution in [0.2, 0.25) is 0 Å². The molecule has 0 saturated carbocycles. The van der Waals surface area contributed by atoms with Crippen molar-refractivity contribution in [3.8, 4) is 5.75 Å². The molecule has 4 heteroatoms. The number of nitrogens with zero attached hydrogens (tertiary/aromatic N) is 1. The second-order valence-electron chi connectivity index (χ2n) is 10.4. The number of alkyl halides is 1. The first kappa shape index (κ1) is 30.7. The van der Waals surface area contributed by atoms with Crippen LogP contribution in [0.3, 0.4) is 0 Å². The van der Waals surface area contributed by atoms with E-state index < -0.39 is 0 Å². The van der Waals surface area contributed by atoms with Crippen LogP contribution >= 0.6 is 15.9 Å². The van der Waals surface area contributed by atoms with E-state index in [0.29, 0.717) is 17.7 Å². The molecule has 0 bridgehead atoms. The van der Waals surface area contributed by atoms with Crippen LogP contribution in [-0.2, 0) is 11.9 Å². The lowest BCUT2D eigenvalue weighted by Gasteiger charge is -2.15. The highest BCUT2D eigenvalue weighted by molar-refractivity contribution is 9.08. The molecule has 2 aromatic rings. The Labute approximate surface area is 229 Å². The molecular weight excluding hydrogens is 510 g/mol. The molecular formula is C32H50BrNO2. The van der Waals surface area contributed by atoms with Crippen LogP contribution in [0.4, 0.5) is 0 Å². The van der Waals surface area contributed by atoms with Crippen molar-refractivity contribution in [1.29, 1.82) is 0 Å². The summed E-state index contributed by atoms with van der Waals surface area (Å²) in [6.45, 7) is 5.73. The topological polar surface area (TPSA) is 31.2 Å². The van der Waals surface area contributed by atoms with Gasteiger partial charge >= 0.3 is 0 Å². The van der Waals surface area contributed by atoms with Crippen LogP contribution in [0.15, 0.2) is 41.3 Å². The summed E-state index contributed by atoms with van der Waals surface area (Å²) in [4.78, 5) is 12.5. The van der Waals surface area contributed by atoms with Gasteiger partial charge in [0.2, 0.25) is 5.43 Å². The molecule has 0 aliphatic carbocycles. The average molecular weight is 561 g/mol. The number of hydrogen-bond acceptors (Lipinski definition) is 2. The first-order valence-corrected chi connectivity index (χ1v) is 15.7. The van der Waals surface area contributed by atoms with Gasteiger partial charge in [0, 0.05) is 23.6 Å². The standard InChI is InChI=1S/C32H50BrNO2/c1-3-4-5-6-7-8-9-10-11-12-13-14-15-16-17-18-23-36-32-27-34(30(25-33)24-31(32)35)26-29-21-19-28(2)20-22-29/h19-22,24,27H,3-18,23,25-26H2,1-2H3. The Bertz CT molecular complexity index is 875. The van der Waals surface area contributed by atoms with E-state index in [9.17, 15) is 4.79 Å². The summed E-state index contributed by atoms with van der Waals surface area (Å²) in [5, 5.41) is 0.646. The van der Waals surface area contributed by atoms with Crippen molar-refractivity contribution in [2.45, 2.75) is 128 Å². The van der Waals surface area contributed by atoms with Crippen LogP contribution in [0.25, 0.3) is 0 Å². The Morgan fingerprint density at radius 3 is 1.75 bits per heavy atom. The Hall–Kier alpha value is -1.55. The van der Waals surface area contributed by atoms with Crippen LogP contribution < -0.4 is 10.2 Å². The van der Waals surface area contributed by atoms with Gasteiger partial charge in [0.15, 0.2) is 5.75 Å². The predicted molar refractivity (Wildman–Crippen MR) is 159 cm³/mol. The van der Waals surface area contributed by atoms with E-state index in [1.165, 1.54) is 107 Å². The normalized spacial score (nSPS) is 11.2. The number of aryl methyl sites for hydroxylation is 1. The van der Waals surface area contributed by atoms with Gasteiger partial charge in [-0.05, 0) is 18.9 Å². The number of benzene rings is 1. The van der Waals surface area contributed by atoms with Gasteiger partial charge in [0.05, 0.1) is 12.8 Å². The Morgan fingerprint density at radius 1 is 0.750 bits per heavy atom. The van der Waals surface area contributed by atoms with Crippen molar-refractivity contribution in [3.05, 3.63) is 63.6 Å². The molecule has 1 heterocycles. The summed E-state index contributed by atoms with van der Waals surface area (Å²) in [5.74, 6) is 0.466. The second kappa shape index (κ2) is 19.5. The van der Waals surface area contributed by atoms with Gasteiger partial charge in [-0.15, -0.1) is 0 Å². The summed E-state index contributed by atoms with van der Waals surface area (Å²) in [6, 6.07) is 10.2. The highest BCUT2D eigenvalue weighted by atomic mass is 79.9. The summed E-state index contributed by atoms with van der Waals surface area (Å²) in [6.07, 6.45) is 23.6. The van der Waals surface area contributed by atoms with E-state index in [4.69, 9.17) is 4.74 Å². The zero-order valence-electron chi connectivity index (χ0n) is 23.0. The monoisotopic (exact) mass is 559 g/mol. The van der Waals surface area contributed by atoms with E-state index in [0.717, 1.165) is 18.7 Å². The van der Waals surface area contributed by atoms with Crippen molar-refractivity contribution in [2.75, 3.05) is 6.61 Å². The van der Waals surface area contributed by atoms with Gasteiger partial charge in [-0.3, -0.25) is 4.79 Å². The molecule has 1 aromatic heterocycles. The SMILES string of the molecule is CCCCCCCCCCCCCCCCCCOc1cn(Cc2ccc(C)cc2)c(CBr)cc1=O. The second-order valence-corrected chi connectivity index (χ2v) is 11.0. The molecule has 0 N–H and O–H groups in total. The maximum Gasteiger partial charge on any atom is 0.223 e. The molecule has 0 radical (unpaired) electrons. The maximum absolute atomic E-state index is 12.5. The minimum Gasteiger partial charge on any atom is -0.488 e. The van der Waals surface area contributed by atoms with Crippen molar-refractivity contribution in [1.82, 2.24) is 4.57 Å². The fraction of sp³-hybridized carbons (Fsp3) is 0.656. The maximum atomic E-state index is 12.5. The largest absolute Gasteiger partial charge is 0.488 e. The van der Waals surface area contributed by atoms with Crippen molar-refractivity contribution >= 4 is 15.9 Å². The Balaban J connectivity index is 1.54. The summed E-state index contributed by atoms with van der Waals surface area (Å²) < 4.78 is 8.02. The first-order chi connectivity index (χ1) is 17.6. The van der Waals surface area contributed by atoms with E-state index >= 15 is 0 Å². The third kappa shape index (κ3) is 13.1. The van der Waals surface area contributed by atoms with Crippen LogP contribution in [0, 0.1) is 6.92 Å². The smallest absolute Gasteiger partial charge is 0.223 e. The number of unbranched alkanes of at least 4 members (excludes halogenated alkanes) is 15. The fourth-order valence-electron chi connectivity index (χ4n) is 4.69. The predicted octanol–water partition coefficient (Wildman–Crippen LogP) is 9.74. The first-order valence-electron chi connectivity index (χ1n) is 14.6. The summed E-state index contributed by atoms with van der Waals surface area (Å²) in [7, 11) is 0. The zero-order chi connectivity index (χ0) is 25.8. The lowest BCUT2D eigenvalue weighted by atomic mass is 10.0. The number of pyridine rings is 1. The van der Waals surface area contributed by atoms with Gasteiger partial charge in [0.25, 0.3) is 0 Å². The third-order valence-corrected chi connectivity index (χ3v) is 7.62. The third-order valence-electron chi connectivity index (χ3n) is 7.05. The number of aromatic nitrogens is 1. The molecule has 0 spiro atoms. The molecule has 202 valence electrons. The van der Waals surface area contributed by atoms with Crippen molar-refractivity contribution in [3.63, 3.8) is 0 Å². The lowest BCUT2D eigenvalue weighted by molar-refractivity contribution is 0.298. The summed E-state index contributed by atoms with van der Waals surface area (Å²) in [5.41, 5.74) is 3.41. The minimum atomic E-state index is -0.0268. The van der Waals surface area contributed by atoms with Crippen LogP contribution in [-0.4, -0.2) is 11.2 Å². The molecule has 0 amide bonds. The number of ether oxygens (including phenoxy) is 1. The van der Waals surface area contributed by atoms with E-state index in [-0.39, 0.29) is 5.43 Å². The molecule has 0 unspecified atom stereocenters. The Morgan fingerprint density at radius 2 is 1.25 bits per heavy atom.